The molecule has 4 aromatic rings. The zero-order valence-electron chi connectivity index (χ0n) is 21.5. The summed E-state index contributed by atoms with van der Waals surface area (Å²) < 4.78 is 10.4. The molecule has 8 heteroatoms. The first kappa shape index (κ1) is 27.5. The predicted octanol–water partition coefficient (Wildman–Crippen LogP) is 7.64. The molecule has 0 aliphatic rings. The molecule has 4 rings (SSSR count). The van der Waals surface area contributed by atoms with Crippen LogP contribution in [0, 0.1) is 10.1 Å². The number of carbonyl (C=O) groups is 2. The smallest absolute Gasteiger partial charge is 0.478 e. The molecule has 4 aromatic carbocycles. The van der Waals surface area contributed by atoms with Gasteiger partial charge in [0.05, 0.1) is 4.92 Å². The summed E-state index contributed by atoms with van der Waals surface area (Å²) in [5.74, 6) is -0.627. The molecule has 1 N–H and O–H groups in total. The Hall–Kier alpha value is -5.50. The number of carboxylic acid groups (broad SMARTS) is 1. The zero-order chi connectivity index (χ0) is 28.5. The van der Waals surface area contributed by atoms with Crippen molar-refractivity contribution in [1.29, 1.82) is 0 Å². The molecule has 0 bridgehead atoms. The SMILES string of the molecule is CC/C(=C(/c1ccc(/C=C/C(=O)O)cc1)c1ccc(OC(=O)Oc2ccc([N+](=O)[O-])cc2)cc1)c1ccccc1. The lowest BCUT2D eigenvalue weighted by atomic mass is 9.88. The number of nitro groups is 1. The number of allylic oxidation sites excluding steroid dienone is 1. The van der Waals surface area contributed by atoms with Crippen LogP contribution in [0.1, 0.15) is 35.6 Å². The van der Waals surface area contributed by atoms with Gasteiger partial charge < -0.3 is 14.6 Å². The Balaban J connectivity index is 1.61. The van der Waals surface area contributed by atoms with Crippen molar-refractivity contribution < 1.29 is 29.1 Å². The van der Waals surface area contributed by atoms with Gasteiger partial charge in [0.1, 0.15) is 11.5 Å². The van der Waals surface area contributed by atoms with E-state index < -0.39 is 17.0 Å². The number of aliphatic carboxylic acids is 1. The summed E-state index contributed by atoms with van der Waals surface area (Å²) in [5, 5.41) is 19.7. The largest absolute Gasteiger partial charge is 0.519 e. The maximum absolute atomic E-state index is 12.3. The molecule has 0 aliphatic heterocycles. The third kappa shape index (κ3) is 7.08. The van der Waals surface area contributed by atoms with E-state index in [1.807, 2.05) is 54.6 Å². The first-order chi connectivity index (χ1) is 19.3. The third-order valence-corrected chi connectivity index (χ3v) is 5.99. The second kappa shape index (κ2) is 12.8. The number of ether oxygens (including phenoxy) is 2. The second-order valence-corrected chi connectivity index (χ2v) is 8.60. The highest BCUT2D eigenvalue weighted by atomic mass is 16.7. The maximum Gasteiger partial charge on any atom is 0.519 e. The number of nitrogens with zero attached hydrogens (tertiary/aromatic N) is 1. The van der Waals surface area contributed by atoms with Gasteiger partial charge in [0, 0.05) is 18.2 Å². The summed E-state index contributed by atoms with van der Waals surface area (Å²) in [4.78, 5) is 33.4. The lowest BCUT2D eigenvalue weighted by molar-refractivity contribution is -0.384. The number of hydrogen-bond donors (Lipinski definition) is 1. The van der Waals surface area contributed by atoms with Gasteiger partial charge in [-0.1, -0.05) is 73.7 Å². The quantitative estimate of drug-likeness (QED) is 0.0584. The molecule has 0 unspecified atom stereocenters. The van der Waals surface area contributed by atoms with E-state index in [9.17, 15) is 19.7 Å². The Morgan fingerprint density at radius 2 is 1.30 bits per heavy atom. The molecular weight excluding hydrogens is 510 g/mol. The molecule has 200 valence electrons. The van der Waals surface area contributed by atoms with Crippen molar-refractivity contribution in [1.82, 2.24) is 0 Å². The van der Waals surface area contributed by atoms with Crippen LogP contribution in [0.3, 0.4) is 0 Å². The van der Waals surface area contributed by atoms with Gasteiger partial charge >= 0.3 is 12.1 Å². The van der Waals surface area contributed by atoms with Gasteiger partial charge in [-0.15, -0.1) is 0 Å². The Labute approximate surface area is 230 Å². The van der Waals surface area contributed by atoms with Crippen molar-refractivity contribution in [3.05, 3.63) is 142 Å². The van der Waals surface area contributed by atoms with Crippen LogP contribution >= 0.6 is 0 Å². The Morgan fingerprint density at radius 1 is 0.775 bits per heavy atom. The van der Waals surface area contributed by atoms with Gasteiger partial charge in [-0.25, -0.2) is 9.59 Å². The highest BCUT2D eigenvalue weighted by Crippen LogP contribution is 2.35. The van der Waals surface area contributed by atoms with Gasteiger partial charge in [0.2, 0.25) is 0 Å². The van der Waals surface area contributed by atoms with Crippen LogP contribution in [0.2, 0.25) is 0 Å². The fourth-order valence-corrected chi connectivity index (χ4v) is 4.15. The molecule has 0 heterocycles. The maximum atomic E-state index is 12.3. The molecule has 40 heavy (non-hydrogen) atoms. The van der Waals surface area contributed by atoms with E-state index in [1.54, 1.807) is 12.1 Å². The highest BCUT2D eigenvalue weighted by Gasteiger charge is 2.15. The first-order valence-electron chi connectivity index (χ1n) is 12.4. The Bertz CT molecular complexity index is 1550. The van der Waals surface area contributed by atoms with Crippen LogP contribution in [-0.2, 0) is 4.79 Å². The number of benzene rings is 4. The molecular formula is C32H25NO7. The molecule has 8 nitrogen and oxygen atoms in total. The Kier molecular flexibility index (Phi) is 8.84. The minimum absolute atomic E-state index is 0.117. The molecule has 0 spiro atoms. The standard InChI is InChI=1S/C32H25NO7/c1-2-29(23-6-4-3-5-7-23)31(24-11-8-22(9-12-24)10-21-30(34)35)25-13-17-27(18-14-25)39-32(36)40-28-19-15-26(16-20-28)33(37)38/h3-21H,2H2,1H3,(H,34,35)/b21-10+,31-29+. The van der Waals surface area contributed by atoms with E-state index in [2.05, 4.69) is 19.1 Å². The number of carboxylic acids is 1. The van der Waals surface area contributed by atoms with Crippen molar-refractivity contribution in [2.45, 2.75) is 13.3 Å². The molecule has 0 amide bonds. The fraction of sp³-hybridized carbons (Fsp3) is 0.0625. The lowest BCUT2D eigenvalue weighted by Gasteiger charge is -2.17. The molecule has 0 fully saturated rings. The molecule has 0 saturated carbocycles. The lowest BCUT2D eigenvalue weighted by Crippen LogP contribution is -2.13. The van der Waals surface area contributed by atoms with Crippen molar-refractivity contribution in [3.63, 3.8) is 0 Å². The van der Waals surface area contributed by atoms with Crippen LogP contribution in [0.5, 0.6) is 11.5 Å². The van der Waals surface area contributed by atoms with Crippen LogP contribution in [0.25, 0.3) is 17.2 Å². The summed E-state index contributed by atoms with van der Waals surface area (Å²) in [6.45, 7) is 2.08. The summed E-state index contributed by atoms with van der Waals surface area (Å²) in [6, 6.07) is 29.8. The number of nitro benzene ring substituents is 1. The van der Waals surface area contributed by atoms with Crippen LogP contribution in [0.4, 0.5) is 10.5 Å². The molecule has 0 aromatic heterocycles. The normalized spacial score (nSPS) is 11.5. The number of rotatable bonds is 9. The van der Waals surface area contributed by atoms with Crippen molar-refractivity contribution in [2.24, 2.45) is 0 Å². The minimum Gasteiger partial charge on any atom is -0.478 e. The molecule has 0 aliphatic carbocycles. The monoisotopic (exact) mass is 535 g/mol. The highest BCUT2D eigenvalue weighted by molar-refractivity contribution is 5.98. The fourth-order valence-electron chi connectivity index (χ4n) is 4.15. The van der Waals surface area contributed by atoms with E-state index in [0.717, 1.165) is 45.9 Å². The van der Waals surface area contributed by atoms with Crippen LogP contribution in [0.15, 0.2) is 109 Å². The van der Waals surface area contributed by atoms with E-state index in [0.29, 0.717) is 0 Å². The summed E-state index contributed by atoms with van der Waals surface area (Å²) in [5.41, 5.74) is 5.65. The zero-order valence-corrected chi connectivity index (χ0v) is 21.5. The second-order valence-electron chi connectivity index (χ2n) is 8.60. The average molecular weight is 536 g/mol. The number of carbonyl (C=O) groups excluding carboxylic acids is 1. The summed E-state index contributed by atoms with van der Waals surface area (Å²) in [6.07, 6.45) is 2.41. The number of non-ortho nitro benzene ring substituents is 1. The summed E-state index contributed by atoms with van der Waals surface area (Å²) in [7, 11) is 0. The first-order valence-corrected chi connectivity index (χ1v) is 12.4. The van der Waals surface area contributed by atoms with E-state index in [1.165, 1.54) is 30.3 Å². The van der Waals surface area contributed by atoms with E-state index >= 15 is 0 Å². The molecule has 0 saturated heterocycles. The van der Waals surface area contributed by atoms with E-state index in [-0.39, 0.29) is 17.2 Å². The van der Waals surface area contributed by atoms with Crippen molar-refractivity contribution in [2.75, 3.05) is 0 Å². The average Bonchev–Trinajstić information content (AvgIpc) is 2.96. The van der Waals surface area contributed by atoms with Crippen LogP contribution < -0.4 is 9.47 Å². The Morgan fingerprint density at radius 3 is 1.80 bits per heavy atom. The third-order valence-electron chi connectivity index (χ3n) is 5.99. The van der Waals surface area contributed by atoms with Gasteiger partial charge in [0.25, 0.3) is 5.69 Å². The number of hydrogen-bond acceptors (Lipinski definition) is 6. The minimum atomic E-state index is -1.01. The van der Waals surface area contributed by atoms with Gasteiger partial charge in [-0.05, 0) is 70.2 Å². The van der Waals surface area contributed by atoms with Crippen molar-refractivity contribution in [3.8, 4) is 11.5 Å². The van der Waals surface area contributed by atoms with Gasteiger partial charge in [-0.2, -0.15) is 0 Å². The molecule has 0 radical (unpaired) electrons. The van der Waals surface area contributed by atoms with Crippen molar-refractivity contribution >= 4 is 35.0 Å². The topological polar surface area (TPSA) is 116 Å². The van der Waals surface area contributed by atoms with Crippen LogP contribution in [-0.4, -0.2) is 22.2 Å². The van der Waals surface area contributed by atoms with Gasteiger partial charge in [-0.3, -0.25) is 10.1 Å². The van der Waals surface area contributed by atoms with E-state index in [4.69, 9.17) is 14.6 Å². The molecule has 0 atom stereocenters. The predicted molar refractivity (Wildman–Crippen MR) is 152 cm³/mol. The van der Waals surface area contributed by atoms with Gasteiger partial charge in [0.15, 0.2) is 0 Å². The summed E-state index contributed by atoms with van der Waals surface area (Å²) >= 11 is 0.